The Labute approximate surface area is 175 Å². The van der Waals surface area contributed by atoms with E-state index in [4.69, 9.17) is 9.97 Å². The van der Waals surface area contributed by atoms with Crippen molar-refractivity contribution in [1.82, 2.24) is 24.9 Å². The Morgan fingerprint density at radius 2 is 1.77 bits per heavy atom. The third-order valence-corrected chi connectivity index (χ3v) is 5.98. The highest BCUT2D eigenvalue weighted by molar-refractivity contribution is 5.53. The second-order valence-electron chi connectivity index (χ2n) is 8.13. The molecule has 2 unspecified atom stereocenters. The molecule has 3 aromatic rings. The van der Waals surface area contributed by atoms with E-state index >= 15 is 0 Å². The third kappa shape index (κ3) is 3.46. The van der Waals surface area contributed by atoms with Crippen LogP contribution in [-0.2, 0) is 6.42 Å². The van der Waals surface area contributed by atoms with Crippen molar-refractivity contribution in [2.24, 2.45) is 5.92 Å². The van der Waals surface area contributed by atoms with E-state index in [9.17, 15) is 4.39 Å². The highest BCUT2D eigenvalue weighted by Crippen LogP contribution is 2.34. The molecule has 0 aromatic carbocycles. The zero-order valence-electron chi connectivity index (χ0n) is 17.2. The van der Waals surface area contributed by atoms with Gasteiger partial charge in [0.15, 0.2) is 11.6 Å². The average molecular weight is 405 g/mol. The second-order valence-corrected chi connectivity index (χ2v) is 8.13. The Kier molecular flexibility index (Phi) is 4.77. The van der Waals surface area contributed by atoms with Crippen LogP contribution < -0.4 is 9.80 Å². The Morgan fingerprint density at radius 3 is 2.53 bits per heavy atom. The van der Waals surface area contributed by atoms with Crippen molar-refractivity contribution in [1.29, 1.82) is 0 Å². The van der Waals surface area contributed by atoms with E-state index in [1.54, 1.807) is 24.5 Å². The van der Waals surface area contributed by atoms with Crippen molar-refractivity contribution in [2.75, 3.05) is 29.4 Å². The van der Waals surface area contributed by atoms with E-state index in [1.165, 1.54) is 6.07 Å². The van der Waals surface area contributed by atoms with Gasteiger partial charge in [-0.1, -0.05) is 6.92 Å². The summed E-state index contributed by atoms with van der Waals surface area (Å²) in [6.07, 6.45) is 7.06. The van der Waals surface area contributed by atoms with Crippen LogP contribution in [0.2, 0.25) is 0 Å². The first-order chi connectivity index (χ1) is 14.6. The fourth-order valence-electron chi connectivity index (χ4n) is 4.32. The van der Waals surface area contributed by atoms with Crippen molar-refractivity contribution in [3.8, 4) is 11.6 Å². The van der Waals surface area contributed by atoms with E-state index in [0.29, 0.717) is 29.9 Å². The summed E-state index contributed by atoms with van der Waals surface area (Å²) >= 11 is 0. The third-order valence-electron chi connectivity index (χ3n) is 5.98. The number of rotatable bonds is 3. The number of hydrogen-bond acceptors (Lipinski definition) is 7. The summed E-state index contributed by atoms with van der Waals surface area (Å²) in [4.78, 5) is 26.8. The summed E-state index contributed by atoms with van der Waals surface area (Å²) in [6.45, 7) is 6.87. The molecule has 3 aromatic heterocycles. The predicted octanol–water partition coefficient (Wildman–Crippen LogP) is 3.44. The molecule has 2 aliphatic heterocycles. The Balaban J connectivity index is 1.44. The maximum Gasteiger partial charge on any atom is 0.197 e. The minimum atomic E-state index is -0.250. The summed E-state index contributed by atoms with van der Waals surface area (Å²) in [5.41, 5.74) is 2.02. The van der Waals surface area contributed by atoms with Crippen LogP contribution in [0.1, 0.15) is 37.6 Å². The van der Waals surface area contributed by atoms with Crippen LogP contribution in [0, 0.1) is 11.7 Å². The number of nitrogens with zero attached hydrogens (tertiary/aromatic N) is 7. The van der Waals surface area contributed by atoms with Crippen molar-refractivity contribution in [3.63, 3.8) is 0 Å². The molecule has 5 rings (SSSR count). The lowest BCUT2D eigenvalue weighted by Crippen LogP contribution is -2.35. The second kappa shape index (κ2) is 7.59. The van der Waals surface area contributed by atoms with Gasteiger partial charge in [-0.15, -0.1) is 0 Å². The van der Waals surface area contributed by atoms with E-state index in [2.05, 4.69) is 38.6 Å². The average Bonchev–Trinajstić information content (AvgIpc) is 3.20. The molecule has 0 bridgehead atoms. The van der Waals surface area contributed by atoms with Gasteiger partial charge in [0.1, 0.15) is 17.5 Å². The molecule has 2 atom stereocenters. The Hall–Kier alpha value is -3.16. The molecular weight excluding hydrogens is 381 g/mol. The molecule has 0 amide bonds. The molecule has 1 saturated heterocycles. The van der Waals surface area contributed by atoms with Gasteiger partial charge in [-0.05, 0) is 25.3 Å². The monoisotopic (exact) mass is 405 g/mol. The zero-order valence-corrected chi connectivity index (χ0v) is 17.2. The number of anilines is 2. The summed E-state index contributed by atoms with van der Waals surface area (Å²) in [6, 6.07) is 4.83. The quantitative estimate of drug-likeness (QED) is 0.661. The normalized spacial score (nSPS) is 21.0. The molecule has 0 aliphatic carbocycles. The SMILES string of the molecule is CC1CCN(c2cc(F)cc(N3CCc4nc(-c5ncccn5)ncc4C3C)n2)C1. The van der Waals surface area contributed by atoms with Crippen molar-refractivity contribution in [2.45, 2.75) is 32.7 Å². The van der Waals surface area contributed by atoms with Crippen LogP contribution >= 0.6 is 0 Å². The lowest BCUT2D eigenvalue weighted by molar-refractivity contribution is 0.589. The van der Waals surface area contributed by atoms with Gasteiger partial charge >= 0.3 is 0 Å². The smallest absolute Gasteiger partial charge is 0.197 e. The first kappa shape index (κ1) is 18.8. The Bertz CT molecular complexity index is 1060. The molecule has 2 aliphatic rings. The van der Waals surface area contributed by atoms with Crippen LogP contribution in [0.15, 0.2) is 36.8 Å². The number of hydrogen-bond donors (Lipinski definition) is 0. The van der Waals surface area contributed by atoms with Gasteiger partial charge in [-0.3, -0.25) is 0 Å². The minimum absolute atomic E-state index is 0.000793. The van der Waals surface area contributed by atoms with Gasteiger partial charge in [0.05, 0.1) is 11.7 Å². The van der Waals surface area contributed by atoms with Gasteiger partial charge in [0.25, 0.3) is 0 Å². The van der Waals surface area contributed by atoms with E-state index in [0.717, 1.165) is 43.0 Å². The summed E-state index contributed by atoms with van der Waals surface area (Å²) in [5.74, 6) is 2.80. The molecule has 154 valence electrons. The van der Waals surface area contributed by atoms with E-state index < -0.39 is 0 Å². The fourth-order valence-corrected chi connectivity index (χ4v) is 4.32. The van der Waals surface area contributed by atoms with Crippen LogP contribution in [0.3, 0.4) is 0 Å². The molecule has 8 heteroatoms. The van der Waals surface area contributed by atoms with Crippen molar-refractivity contribution >= 4 is 11.6 Å². The molecule has 0 spiro atoms. The zero-order chi connectivity index (χ0) is 20.7. The number of aromatic nitrogens is 5. The summed E-state index contributed by atoms with van der Waals surface area (Å²) in [7, 11) is 0. The topological polar surface area (TPSA) is 70.9 Å². The molecule has 5 heterocycles. The lowest BCUT2D eigenvalue weighted by atomic mass is 9.99. The highest BCUT2D eigenvalue weighted by Gasteiger charge is 2.28. The van der Waals surface area contributed by atoms with Crippen molar-refractivity contribution in [3.05, 3.63) is 53.9 Å². The fraction of sp³-hybridized carbons (Fsp3) is 0.409. The van der Waals surface area contributed by atoms with Crippen LogP contribution in [-0.4, -0.2) is 44.6 Å². The van der Waals surface area contributed by atoms with E-state index in [1.807, 2.05) is 6.20 Å². The van der Waals surface area contributed by atoms with Crippen LogP contribution in [0.25, 0.3) is 11.6 Å². The molecule has 0 N–H and O–H groups in total. The summed E-state index contributed by atoms with van der Waals surface area (Å²) in [5, 5.41) is 0. The standard InChI is InChI=1S/C22H24FN7/c1-14-4-8-29(13-14)19-10-16(23)11-20(28-19)30-9-5-18-17(15(30)2)12-26-22(27-18)21-24-6-3-7-25-21/h3,6-7,10-12,14-15H,4-5,8-9,13H2,1-2H3. The molecular formula is C22H24FN7. The molecule has 0 radical (unpaired) electrons. The minimum Gasteiger partial charge on any atom is -0.356 e. The Morgan fingerprint density at radius 1 is 0.967 bits per heavy atom. The predicted molar refractivity (Wildman–Crippen MR) is 113 cm³/mol. The maximum atomic E-state index is 14.5. The van der Waals surface area contributed by atoms with Gasteiger partial charge in [0, 0.05) is 62.3 Å². The van der Waals surface area contributed by atoms with Crippen LogP contribution in [0.5, 0.6) is 0 Å². The molecule has 0 saturated carbocycles. The molecule has 1 fully saturated rings. The van der Waals surface area contributed by atoms with E-state index in [-0.39, 0.29) is 11.9 Å². The summed E-state index contributed by atoms with van der Waals surface area (Å²) < 4.78 is 14.5. The maximum absolute atomic E-state index is 14.5. The highest BCUT2D eigenvalue weighted by atomic mass is 19.1. The van der Waals surface area contributed by atoms with Crippen LogP contribution in [0.4, 0.5) is 16.0 Å². The molecule has 7 nitrogen and oxygen atoms in total. The molecule has 30 heavy (non-hydrogen) atoms. The number of fused-ring (bicyclic) bond motifs is 1. The number of pyridine rings is 1. The van der Waals surface area contributed by atoms with Crippen molar-refractivity contribution < 1.29 is 4.39 Å². The van der Waals surface area contributed by atoms with Gasteiger partial charge in [0.2, 0.25) is 0 Å². The van der Waals surface area contributed by atoms with Gasteiger partial charge in [-0.2, -0.15) is 0 Å². The van der Waals surface area contributed by atoms with Gasteiger partial charge in [-0.25, -0.2) is 29.3 Å². The lowest BCUT2D eigenvalue weighted by Gasteiger charge is -2.36. The largest absolute Gasteiger partial charge is 0.356 e. The first-order valence-corrected chi connectivity index (χ1v) is 10.4. The van der Waals surface area contributed by atoms with Gasteiger partial charge < -0.3 is 9.80 Å². The first-order valence-electron chi connectivity index (χ1n) is 10.4. The number of halogens is 1.